The standard InChI is InChI=1S/C21H38O/c1-3-5-6-7-8-18-9-13-20(14-10-18)21-15-11-19(12-16-21)17-22-4-2/h7-8,18-21H,3-6,9-17H2,1-2H3. The molecule has 2 aliphatic carbocycles. The number of hydrogen-bond acceptors (Lipinski definition) is 1. The van der Waals surface area contributed by atoms with Gasteiger partial charge in [-0.2, -0.15) is 0 Å². The molecule has 1 nitrogen and oxygen atoms in total. The third kappa shape index (κ3) is 6.07. The van der Waals surface area contributed by atoms with Gasteiger partial charge in [-0.05, 0) is 88.4 Å². The highest BCUT2D eigenvalue weighted by Gasteiger charge is 2.30. The van der Waals surface area contributed by atoms with Gasteiger partial charge in [0.05, 0.1) is 0 Å². The zero-order chi connectivity index (χ0) is 15.6. The zero-order valence-electron chi connectivity index (χ0n) is 15.1. The van der Waals surface area contributed by atoms with Gasteiger partial charge in [0.1, 0.15) is 0 Å². The van der Waals surface area contributed by atoms with Crippen LogP contribution in [-0.2, 0) is 4.74 Å². The second-order valence-corrected chi connectivity index (χ2v) is 7.69. The third-order valence-electron chi connectivity index (χ3n) is 6.06. The van der Waals surface area contributed by atoms with Crippen molar-refractivity contribution in [1.29, 1.82) is 0 Å². The molecule has 1 heteroatoms. The van der Waals surface area contributed by atoms with Crippen LogP contribution < -0.4 is 0 Å². The number of unbranched alkanes of at least 4 members (excludes halogenated alkanes) is 2. The average molecular weight is 307 g/mol. The van der Waals surface area contributed by atoms with E-state index in [9.17, 15) is 0 Å². The van der Waals surface area contributed by atoms with E-state index < -0.39 is 0 Å². The summed E-state index contributed by atoms with van der Waals surface area (Å²) in [6.07, 6.45) is 20.6. The summed E-state index contributed by atoms with van der Waals surface area (Å²) >= 11 is 0. The molecule has 0 heterocycles. The van der Waals surface area contributed by atoms with Crippen LogP contribution in [0.1, 0.15) is 84.5 Å². The molecule has 0 amide bonds. The van der Waals surface area contributed by atoms with Gasteiger partial charge in [0.15, 0.2) is 0 Å². The molecule has 2 saturated carbocycles. The van der Waals surface area contributed by atoms with Crippen LogP contribution in [0.15, 0.2) is 12.2 Å². The van der Waals surface area contributed by atoms with Crippen molar-refractivity contribution in [3.63, 3.8) is 0 Å². The van der Waals surface area contributed by atoms with Crippen molar-refractivity contribution >= 4 is 0 Å². The Morgan fingerprint density at radius 2 is 1.50 bits per heavy atom. The highest BCUT2D eigenvalue weighted by atomic mass is 16.5. The quantitative estimate of drug-likeness (QED) is 0.373. The van der Waals surface area contributed by atoms with E-state index in [4.69, 9.17) is 4.74 Å². The maximum atomic E-state index is 5.61. The van der Waals surface area contributed by atoms with Crippen LogP contribution in [0.4, 0.5) is 0 Å². The molecule has 0 saturated heterocycles. The minimum absolute atomic E-state index is 0.856. The first-order valence-electron chi connectivity index (χ1n) is 10.1. The number of rotatable bonds is 8. The Bertz CT molecular complexity index is 293. The van der Waals surface area contributed by atoms with E-state index in [0.717, 1.165) is 36.9 Å². The fourth-order valence-electron chi connectivity index (χ4n) is 4.53. The second kappa shape index (κ2) is 10.5. The molecule has 0 aromatic heterocycles. The van der Waals surface area contributed by atoms with Crippen LogP contribution in [0.3, 0.4) is 0 Å². The van der Waals surface area contributed by atoms with Crippen molar-refractivity contribution in [1.82, 2.24) is 0 Å². The normalized spacial score (nSPS) is 33.4. The molecule has 0 aromatic carbocycles. The molecule has 0 aromatic rings. The lowest BCUT2D eigenvalue weighted by atomic mass is 9.69. The van der Waals surface area contributed by atoms with Crippen LogP contribution >= 0.6 is 0 Å². The van der Waals surface area contributed by atoms with Crippen LogP contribution in [0, 0.1) is 23.7 Å². The summed E-state index contributed by atoms with van der Waals surface area (Å²) in [5.41, 5.74) is 0. The summed E-state index contributed by atoms with van der Waals surface area (Å²) < 4.78 is 5.61. The van der Waals surface area contributed by atoms with E-state index in [1.807, 2.05) is 0 Å². The average Bonchev–Trinajstić information content (AvgIpc) is 2.58. The van der Waals surface area contributed by atoms with E-state index in [0.29, 0.717) is 0 Å². The fraction of sp³-hybridized carbons (Fsp3) is 0.905. The van der Waals surface area contributed by atoms with E-state index in [2.05, 4.69) is 26.0 Å². The highest BCUT2D eigenvalue weighted by molar-refractivity contribution is 4.92. The lowest BCUT2D eigenvalue weighted by molar-refractivity contribution is 0.0727. The van der Waals surface area contributed by atoms with Gasteiger partial charge in [0, 0.05) is 13.2 Å². The molecule has 22 heavy (non-hydrogen) atoms. The van der Waals surface area contributed by atoms with Crippen LogP contribution in [0.5, 0.6) is 0 Å². The molecule has 0 bridgehead atoms. The van der Waals surface area contributed by atoms with Gasteiger partial charge in [0.2, 0.25) is 0 Å². The molecule has 0 unspecified atom stereocenters. The minimum Gasteiger partial charge on any atom is -0.381 e. The Labute approximate surface area is 138 Å². The van der Waals surface area contributed by atoms with E-state index in [1.165, 1.54) is 70.6 Å². The SMILES string of the molecule is CCCCC=CC1CCC(C2CCC(COCC)CC2)CC1. The van der Waals surface area contributed by atoms with Gasteiger partial charge in [-0.3, -0.25) is 0 Å². The van der Waals surface area contributed by atoms with Crippen molar-refractivity contribution in [2.75, 3.05) is 13.2 Å². The third-order valence-corrected chi connectivity index (χ3v) is 6.06. The summed E-state index contributed by atoms with van der Waals surface area (Å²) in [6.45, 7) is 6.29. The summed E-state index contributed by atoms with van der Waals surface area (Å²) in [6, 6.07) is 0. The Balaban J connectivity index is 1.62. The van der Waals surface area contributed by atoms with Gasteiger partial charge in [-0.25, -0.2) is 0 Å². The van der Waals surface area contributed by atoms with Crippen molar-refractivity contribution < 1.29 is 4.74 Å². The van der Waals surface area contributed by atoms with E-state index in [-0.39, 0.29) is 0 Å². The number of hydrogen-bond donors (Lipinski definition) is 0. The van der Waals surface area contributed by atoms with Crippen molar-refractivity contribution in [3.8, 4) is 0 Å². The van der Waals surface area contributed by atoms with Gasteiger partial charge >= 0.3 is 0 Å². The first kappa shape index (κ1) is 18.0. The van der Waals surface area contributed by atoms with Gasteiger partial charge in [-0.15, -0.1) is 0 Å². The Morgan fingerprint density at radius 1 is 0.864 bits per heavy atom. The second-order valence-electron chi connectivity index (χ2n) is 7.69. The molecule has 128 valence electrons. The molecule has 2 fully saturated rings. The molecular weight excluding hydrogens is 268 g/mol. The Morgan fingerprint density at radius 3 is 2.09 bits per heavy atom. The predicted octanol–water partition coefficient (Wildman–Crippen LogP) is 6.38. The van der Waals surface area contributed by atoms with Crippen LogP contribution in [0.25, 0.3) is 0 Å². The monoisotopic (exact) mass is 306 g/mol. The van der Waals surface area contributed by atoms with E-state index in [1.54, 1.807) is 0 Å². The molecule has 0 spiro atoms. The van der Waals surface area contributed by atoms with E-state index >= 15 is 0 Å². The summed E-state index contributed by atoms with van der Waals surface area (Å²) in [5.74, 6) is 3.81. The maximum Gasteiger partial charge on any atom is 0.0494 e. The van der Waals surface area contributed by atoms with Gasteiger partial charge in [0.25, 0.3) is 0 Å². The molecule has 0 aliphatic heterocycles. The highest BCUT2D eigenvalue weighted by Crippen LogP contribution is 2.41. The van der Waals surface area contributed by atoms with Gasteiger partial charge < -0.3 is 4.74 Å². The van der Waals surface area contributed by atoms with Crippen molar-refractivity contribution in [2.45, 2.75) is 84.5 Å². The Kier molecular flexibility index (Phi) is 8.59. The molecule has 0 N–H and O–H groups in total. The lowest BCUT2D eigenvalue weighted by Crippen LogP contribution is -2.26. The first-order chi connectivity index (χ1) is 10.8. The largest absolute Gasteiger partial charge is 0.381 e. The summed E-state index contributed by atoms with van der Waals surface area (Å²) in [5, 5.41) is 0. The molecule has 2 aliphatic rings. The van der Waals surface area contributed by atoms with Crippen molar-refractivity contribution in [3.05, 3.63) is 12.2 Å². The molecule has 0 radical (unpaired) electrons. The predicted molar refractivity (Wildman–Crippen MR) is 96.1 cm³/mol. The molecule has 2 rings (SSSR count). The van der Waals surface area contributed by atoms with Crippen molar-refractivity contribution in [2.24, 2.45) is 23.7 Å². The first-order valence-corrected chi connectivity index (χ1v) is 10.1. The maximum absolute atomic E-state index is 5.61. The van der Waals surface area contributed by atoms with Crippen LogP contribution in [0.2, 0.25) is 0 Å². The minimum atomic E-state index is 0.856. The summed E-state index contributed by atoms with van der Waals surface area (Å²) in [7, 11) is 0. The smallest absolute Gasteiger partial charge is 0.0494 e. The lowest BCUT2D eigenvalue weighted by Gasteiger charge is -2.37. The van der Waals surface area contributed by atoms with Crippen LogP contribution in [-0.4, -0.2) is 13.2 Å². The topological polar surface area (TPSA) is 9.23 Å². The fourth-order valence-corrected chi connectivity index (χ4v) is 4.53. The number of allylic oxidation sites excluding steroid dienone is 2. The summed E-state index contributed by atoms with van der Waals surface area (Å²) in [4.78, 5) is 0. The van der Waals surface area contributed by atoms with Gasteiger partial charge in [-0.1, -0.05) is 31.9 Å². The number of ether oxygens (including phenoxy) is 1. The Hall–Kier alpha value is -0.300. The molecular formula is C21H38O. The molecule has 0 atom stereocenters. The zero-order valence-corrected chi connectivity index (χ0v) is 15.1.